The Kier molecular flexibility index (Phi) is 5.93. The molecule has 1 heterocycles. The molecular weight excluding hydrogens is 445 g/mol. The van der Waals surface area contributed by atoms with Gasteiger partial charge in [-0.15, -0.1) is 0 Å². The molecule has 0 spiro atoms. The quantitative estimate of drug-likeness (QED) is 0.631. The Morgan fingerprint density at radius 2 is 1.85 bits per heavy atom. The number of amides is 1. The van der Waals surface area contributed by atoms with E-state index in [2.05, 4.69) is 15.0 Å². The minimum Gasteiger partial charge on any atom is -0.444 e. The van der Waals surface area contributed by atoms with Crippen LogP contribution in [-0.4, -0.2) is 37.3 Å². The van der Waals surface area contributed by atoms with Crippen molar-refractivity contribution in [3.05, 3.63) is 35.2 Å². The van der Waals surface area contributed by atoms with Gasteiger partial charge in [-0.25, -0.2) is 22.3 Å². The molecule has 180 valence electrons. The molecule has 0 bridgehead atoms. The van der Waals surface area contributed by atoms with Gasteiger partial charge in [-0.05, 0) is 83.6 Å². The van der Waals surface area contributed by atoms with Gasteiger partial charge in [0.05, 0.1) is 10.9 Å². The van der Waals surface area contributed by atoms with E-state index in [9.17, 15) is 17.6 Å². The summed E-state index contributed by atoms with van der Waals surface area (Å²) in [5, 5.41) is 4.17. The predicted octanol–water partition coefficient (Wildman–Crippen LogP) is 4.65. The molecule has 1 fully saturated rings. The summed E-state index contributed by atoms with van der Waals surface area (Å²) in [4.78, 5) is 17.2. The van der Waals surface area contributed by atoms with Gasteiger partial charge < -0.3 is 10.1 Å². The van der Waals surface area contributed by atoms with Crippen molar-refractivity contribution in [1.82, 2.24) is 15.0 Å². The number of aromatic nitrogens is 1. The summed E-state index contributed by atoms with van der Waals surface area (Å²) in [7, 11) is -3.96. The first-order chi connectivity index (χ1) is 15.2. The summed E-state index contributed by atoms with van der Waals surface area (Å²) in [5.41, 5.74) is 0.268. The van der Waals surface area contributed by atoms with Gasteiger partial charge >= 0.3 is 6.09 Å². The molecule has 1 atom stereocenters. The molecule has 1 saturated carbocycles. The summed E-state index contributed by atoms with van der Waals surface area (Å²) >= 11 is 0. The first-order valence-electron chi connectivity index (χ1n) is 11.4. The van der Waals surface area contributed by atoms with Crippen molar-refractivity contribution in [2.24, 2.45) is 0 Å². The summed E-state index contributed by atoms with van der Waals surface area (Å²) < 4.78 is 48.3. The third kappa shape index (κ3) is 5.46. The van der Waals surface area contributed by atoms with Crippen LogP contribution in [0, 0.1) is 0 Å². The highest BCUT2D eigenvalue weighted by atomic mass is 32.2. The Morgan fingerprint density at radius 3 is 2.45 bits per heavy atom. The Morgan fingerprint density at radius 1 is 1.15 bits per heavy atom. The van der Waals surface area contributed by atoms with Crippen molar-refractivity contribution in [3.8, 4) is 0 Å². The van der Waals surface area contributed by atoms with Crippen LogP contribution in [0.25, 0.3) is 10.8 Å². The molecule has 7 nitrogen and oxygen atoms in total. The van der Waals surface area contributed by atoms with Crippen LogP contribution in [0.5, 0.6) is 0 Å². The van der Waals surface area contributed by atoms with E-state index < -0.39 is 27.4 Å². The molecule has 9 heteroatoms. The molecular formula is C24H32FN3O4S. The van der Waals surface area contributed by atoms with E-state index in [4.69, 9.17) is 4.74 Å². The van der Waals surface area contributed by atoms with Crippen LogP contribution in [0.1, 0.15) is 82.7 Å². The number of alkyl carbamates (subject to hydrolysis) is 1. The van der Waals surface area contributed by atoms with Crippen LogP contribution in [0.15, 0.2) is 23.2 Å². The van der Waals surface area contributed by atoms with Crippen LogP contribution in [-0.2, 0) is 21.2 Å². The first-order valence-corrected chi connectivity index (χ1v) is 12.9. The topological polar surface area (TPSA) is 97.4 Å². The van der Waals surface area contributed by atoms with Gasteiger partial charge in [0.15, 0.2) is 0 Å². The number of benzene rings is 1. The number of sulfonamides is 1. The second-order valence-corrected chi connectivity index (χ2v) is 12.4. The Balaban J connectivity index is 1.78. The predicted molar refractivity (Wildman–Crippen MR) is 125 cm³/mol. The minimum atomic E-state index is -3.96. The standard InChI is InChI=1S/C24H32FN3O4S/c1-23(2,3)32-22(29)28-18-9-8-15-10-20(33(30,31)27-13-24(4,5)25)16-11-19(14-6-7-14)26-12-17(16)21(15)18/h10-12,14,18,27H,6-9,13H2,1-5H3,(H,28,29). The van der Waals surface area contributed by atoms with Gasteiger partial charge in [0, 0.05) is 35.1 Å². The van der Waals surface area contributed by atoms with Gasteiger partial charge in [0.2, 0.25) is 10.0 Å². The number of aryl methyl sites for hydroxylation is 1. The number of halogens is 1. The normalized spacial score (nSPS) is 18.9. The molecule has 2 aromatic rings. The second-order valence-electron chi connectivity index (χ2n) is 10.7. The van der Waals surface area contributed by atoms with Gasteiger partial charge in [-0.2, -0.15) is 0 Å². The summed E-state index contributed by atoms with van der Waals surface area (Å²) in [6, 6.07) is 3.20. The molecule has 0 saturated heterocycles. The van der Waals surface area contributed by atoms with Gasteiger partial charge in [-0.3, -0.25) is 4.98 Å². The lowest BCUT2D eigenvalue weighted by atomic mass is 9.99. The third-order valence-electron chi connectivity index (χ3n) is 5.84. The smallest absolute Gasteiger partial charge is 0.408 e. The number of nitrogens with one attached hydrogen (secondary N) is 2. The van der Waals surface area contributed by atoms with Crippen molar-refractivity contribution in [2.75, 3.05) is 6.54 Å². The van der Waals surface area contributed by atoms with E-state index in [1.54, 1.807) is 33.0 Å². The maximum Gasteiger partial charge on any atom is 0.408 e. The molecule has 1 aromatic carbocycles. The number of hydrogen-bond donors (Lipinski definition) is 2. The van der Waals surface area contributed by atoms with E-state index in [-0.39, 0.29) is 17.5 Å². The number of ether oxygens (including phenoxy) is 1. The summed E-state index contributed by atoms with van der Waals surface area (Å²) in [6.45, 7) is 7.75. The number of rotatable bonds is 6. The maximum atomic E-state index is 14.0. The molecule has 0 aliphatic heterocycles. The zero-order valence-electron chi connectivity index (χ0n) is 19.8. The minimum absolute atomic E-state index is 0.128. The number of carbonyl (C=O) groups excluding carboxylic acids is 1. The monoisotopic (exact) mass is 477 g/mol. The lowest BCUT2D eigenvalue weighted by Gasteiger charge is -2.23. The molecule has 2 aliphatic carbocycles. The Bertz CT molecular complexity index is 1190. The van der Waals surface area contributed by atoms with Gasteiger partial charge in [0.1, 0.15) is 11.3 Å². The molecule has 4 rings (SSSR count). The van der Waals surface area contributed by atoms with Crippen LogP contribution in [0.3, 0.4) is 0 Å². The molecule has 1 unspecified atom stereocenters. The number of nitrogens with zero attached hydrogens (tertiary/aromatic N) is 1. The van der Waals surface area contributed by atoms with Crippen molar-refractivity contribution in [1.29, 1.82) is 0 Å². The third-order valence-corrected chi connectivity index (χ3v) is 7.28. The molecule has 2 aliphatic rings. The van der Waals surface area contributed by atoms with E-state index >= 15 is 0 Å². The number of carbonyl (C=O) groups is 1. The average molecular weight is 478 g/mol. The molecule has 0 radical (unpaired) electrons. The number of hydrogen-bond acceptors (Lipinski definition) is 5. The van der Waals surface area contributed by atoms with Crippen LogP contribution in [0.4, 0.5) is 9.18 Å². The van der Waals surface area contributed by atoms with Crippen LogP contribution < -0.4 is 10.0 Å². The fourth-order valence-corrected chi connectivity index (χ4v) is 5.65. The fraction of sp³-hybridized carbons (Fsp3) is 0.583. The Labute approximate surface area is 194 Å². The van der Waals surface area contributed by atoms with Crippen molar-refractivity contribution >= 4 is 26.9 Å². The lowest BCUT2D eigenvalue weighted by molar-refractivity contribution is 0.0504. The SMILES string of the molecule is CC(C)(F)CNS(=O)(=O)c1cc2c(c3cnc(C4CC4)cc13)C(NC(=O)OC(C)(C)C)CC2. The zero-order valence-corrected chi connectivity index (χ0v) is 20.6. The molecule has 33 heavy (non-hydrogen) atoms. The van der Waals surface area contributed by atoms with Crippen molar-refractivity contribution < 1.29 is 22.3 Å². The summed E-state index contributed by atoms with van der Waals surface area (Å²) in [6.07, 6.45) is 4.50. The molecule has 2 N–H and O–H groups in total. The average Bonchev–Trinajstić information content (AvgIpc) is 3.45. The first kappa shape index (κ1) is 23.9. The highest BCUT2D eigenvalue weighted by Gasteiger charge is 2.33. The fourth-order valence-electron chi connectivity index (χ4n) is 4.20. The van der Waals surface area contributed by atoms with E-state index in [0.29, 0.717) is 29.5 Å². The summed E-state index contributed by atoms with van der Waals surface area (Å²) in [5.74, 6) is 0.339. The number of fused-ring (bicyclic) bond motifs is 3. The molecule has 1 amide bonds. The maximum absolute atomic E-state index is 14.0. The highest BCUT2D eigenvalue weighted by molar-refractivity contribution is 7.89. The van der Waals surface area contributed by atoms with Crippen LogP contribution >= 0.6 is 0 Å². The number of alkyl halides is 1. The van der Waals surface area contributed by atoms with E-state index in [1.807, 2.05) is 6.07 Å². The second kappa shape index (κ2) is 8.20. The van der Waals surface area contributed by atoms with Crippen LogP contribution in [0.2, 0.25) is 0 Å². The van der Waals surface area contributed by atoms with E-state index in [0.717, 1.165) is 29.7 Å². The van der Waals surface area contributed by atoms with Gasteiger partial charge in [-0.1, -0.05) is 0 Å². The van der Waals surface area contributed by atoms with Gasteiger partial charge in [0.25, 0.3) is 0 Å². The largest absolute Gasteiger partial charge is 0.444 e. The van der Waals surface area contributed by atoms with Crippen molar-refractivity contribution in [2.45, 2.75) is 88.4 Å². The van der Waals surface area contributed by atoms with Crippen molar-refractivity contribution in [3.63, 3.8) is 0 Å². The zero-order chi connectivity index (χ0) is 24.2. The highest BCUT2D eigenvalue weighted by Crippen LogP contribution is 2.43. The van der Waals surface area contributed by atoms with E-state index in [1.165, 1.54) is 13.8 Å². The lowest BCUT2D eigenvalue weighted by Crippen LogP contribution is -2.35. The molecule has 1 aromatic heterocycles. The Hall–Kier alpha value is -2.26. The number of pyridine rings is 1.